The molecule has 0 saturated carbocycles. The maximum absolute atomic E-state index is 10.8. The van der Waals surface area contributed by atoms with E-state index in [4.69, 9.17) is 10.8 Å². The molecule has 1 heterocycles. The fraction of sp³-hybridized carbons (Fsp3) is 0.167. The van der Waals surface area contributed by atoms with Gasteiger partial charge in [-0.1, -0.05) is 28.1 Å². The van der Waals surface area contributed by atoms with Gasteiger partial charge in [-0.05, 0) is 19.1 Å². The number of benzene rings is 1. The first kappa shape index (κ1) is 12.8. The standard InChI is InChI=1S/C12H12BrN3O2/c1-6-10(7-2-4-8(13)5-3-7)16-11(15-6)9(14)12(17)18/h2-5,9H,14H2,1H3,(H,15,16)(H,17,18). The highest BCUT2D eigenvalue weighted by Crippen LogP contribution is 2.24. The molecule has 2 aromatic rings. The van der Waals surface area contributed by atoms with Crippen molar-refractivity contribution in [2.24, 2.45) is 5.73 Å². The molecule has 0 fully saturated rings. The van der Waals surface area contributed by atoms with Crippen molar-refractivity contribution in [2.75, 3.05) is 0 Å². The molecule has 1 aromatic carbocycles. The van der Waals surface area contributed by atoms with Crippen LogP contribution in [0.5, 0.6) is 0 Å². The molecular weight excluding hydrogens is 298 g/mol. The predicted octanol–water partition coefficient (Wildman–Crippen LogP) is 2.23. The number of nitrogens with one attached hydrogen (secondary N) is 1. The summed E-state index contributed by atoms with van der Waals surface area (Å²) in [5.74, 6) is -0.843. The number of hydrogen-bond acceptors (Lipinski definition) is 3. The highest BCUT2D eigenvalue weighted by atomic mass is 79.9. The highest BCUT2D eigenvalue weighted by molar-refractivity contribution is 9.10. The van der Waals surface area contributed by atoms with Crippen molar-refractivity contribution in [3.63, 3.8) is 0 Å². The number of hydrogen-bond donors (Lipinski definition) is 3. The molecule has 0 amide bonds. The second-order valence-electron chi connectivity index (χ2n) is 3.92. The lowest BCUT2D eigenvalue weighted by molar-refractivity contribution is -0.138. The summed E-state index contributed by atoms with van der Waals surface area (Å²) in [6, 6.07) is 6.49. The van der Waals surface area contributed by atoms with Gasteiger partial charge in [-0.25, -0.2) is 4.98 Å². The van der Waals surface area contributed by atoms with Crippen molar-refractivity contribution in [1.29, 1.82) is 0 Å². The predicted molar refractivity (Wildman–Crippen MR) is 71.0 cm³/mol. The van der Waals surface area contributed by atoms with Crippen LogP contribution in [0.15, 0.2) is 28.7 Å². The van der Waals surface area contributed by atoms with Crippen LogP contribution in [0.1, 0.15) is 17.6 Å². The molecule has 2 rings (SSSR count). The normalized spacial score (nSPS) is 12.4. The van der Waals surface area contributed by atoms with E-state index in [0.717, 1.165) is 15.7 Å². The van der Waals surface area contributed by atoms with Gasteiger partial charge in [-0.2, -0.15) is 0 Å². The van der Waals surface area contributed by atoms with E-state index in [9.17, 15) is 4.79 Å². The molecule has 0 radical (unpaired) electrons. The summed E-state index contributed by atoms with van der Waals surface area (Å²) in [6.07, 6.45) is 0. The van der Waals surface area contributed by atoms with Crippen LogP contribution in [0.3, 0.4) is 0 Å². The molecule has 0 aliphatic rings. The van der Waals surface area contributed by atoms with Crippen molar-refractivity contribution in [2.45, 2.75) is 13.0 Å². The Balaban J connectivity index is 2.40. The summed E-state index contributed by atoms with van der Waals surface area (Å²) in [5.41, 5.74) is 7.95. The van der Waals surface area contributed by atoms with Crippen LogP contribution in [0, 0.1) is 6.92 Å². The number of aliphatic carboxylic acids is 1. The van der Waals surface area contributed by atoms with Gasteiger partial charge in [0.15, 0.2) is 6.04 Å². The van der Waals surface area contributed by atoms with Gasteiger partial charge in [0.1, 0.15) is 5.82 Å². The van der Waals surface area contributed by atoms with Crippen LogP contribution < -0.4 is 5.73 Å². The number of carboxylic acids is 1. The van der Waals surface area contributed by atoms with Crippen LogP contribution >= 0.6 is 15.9 Å². The quantitative estimate of drug-likeness (QED) is 0.810. The number of aromatic amines is 1. The fourth-order valence-electron chi connectivity index (χ4n) is 1.64. The van der Waals surface area contributed by atoms with Crippen molar-refractivity contribution in [1.82, 2.24) is 9.97 Å². The van der Waals surface area contributed by atoms with Crippen LogP contribution in [-0.2, 0) is 4.79 Å². The molecule has 6 heteroatoms. The van der Waals surface area contributed by atoms with Crippen LogP contribution in [0.25, 0.3) is 11.3 Å². The van der Waals surface area contributed by atoms with E-state index in [2.05, 4.69) is 25.9 Å². The third kappa shape index (κ3) is 2.44. The summed E-state index contributed by atoms with van der Waals surface area (Å²) < 4.78 is 0.974. The van der Waals surface area contributed by atoms with Crippen molar-refractivity contribution >= 4 is 21.9 Å². The van der Waals surface area contributed by atoms with Gasteiger partial charge in [-0.15, -0.1) is 0 Å². The Morgan fingerprint density at radius 2 is 2.06 bits per heavy atom. The Morgan fingerprint density at radius 3 is 2.61 bits per heavy atom. The summed E-state index contributed by atoms with van der Waals surface area (Å²) in [7, 11) is 0. The number of nitrogens with zero attached hydrogens (tertiary/aromatic N) is 1. The number of imidazole rings is 1. The Morgan fingerprint density at radius 1 is 1.44 bits per heavy atom. The van der Waals surface area contributed by atoms with Gasteiger partial charge in [0.2, 0.25) is 0 Å². The maximum atomic E-state index is 10.8. The van der Waals surface area contributed by atoms with E-state index in [1.54, 1.807) is 0 Å². The van der Waals surface area contributed by atoms with Gasteiger partial charge in [0, 0.05) is 15.7 Å². The molecule has 1 aromatic heterocycles. The van der Waals surface area contributed by atoms with E-state index in [1.165, 1.54) is 0 Å². The number of halogens is 1. The smallest absolute Gasteiger partial charge is 0.328 e. The third-order valence-electron chi connectivity index (χ3n) is 2.58. The molecule has 5 nitrogen and oxygen atoms in total. The largest absolute Gasteiger partial charge is 0.480 e. The summed E-state index contributed by atoms with van der Waals surface area (Å²) in [6.45, 7) is 1.84. The average Bonchev–Trinajstić information content (AvgIpc) is 2.71. The van der Waals surface area contributed by atoms with E-state index in [0.29, 0.717) is 5.69 Å². The molecule has 18 heavy (non-hydrogen) atoms. The van der Waals surface area contributed by atoms with E-state index in [-0.39, 0.29) is 5.82 Å². The number of rotatable bonds is 3. The van der Waals surface area contributed by atoms with Crippen molar-refractivity contribution in [3.8, 4) is 11.3 Å². The monoisotopic (exact) mass is 309 g/mol. The molecule has 0 spiro atoms. The van der Waals surface area contributed by atoms with Crippen molar-refractivity contribution in [3.05, 3.63) is 40.3 Å². The minimum Gasteiger partial charge on any atom is -0.480 e. The zero-order valence-corrected chi connectivity index (χ0v) is 11.2. The topological polar surface area (TPSA) is 92.0 Å². The Labute approximate surface area is 112 Å². The average molecular weight is 310 g/mol. The molecule has 4 N–H and O–H groups in total. The molecule has 0 aliphatic heterocycles. The number of aromatic nitrogens is 2. The lowest BCUT2D eigenvalue weighted by atomic mass is 10.1. The molecule has 1 atom stereocenters. The SMILES string of the molecule is Cc1[nH]c(C(N)C(=O)O)nc1-c1ccc(Br)cc1. The second-order valence-corrected chi connectivity index (χ2v) is 4.83. The lowest BCUT2D eigenvalue weighted by Crippen LogP contribution is -2.21. The Hall–Kier alpha value is -1.66. The van der Waals surface area contributed by atoms with Crippen LogP contribution in [0.4, 0.5) is 0 Å². The summed E-state index contributed by atoms with van der Waals surface area (Å²) in [5, 5.41) is 8.85. The second kappa shape index (κ2) is 4.91. The molecular formula is C12H12BrN3O2. The number of aryl methyl sites for hydroxylation is 1. The van der Waals surface area contributed by atoms with E-state index < -0.39 is 12.0 Å². The van der Waals surface area contributed by atoms with E-state index >= 15 is 0 Å². The number of carbonyl (C=O) groups is 1. The maximum Gasteiger partial charge on any atom is 0.328 e. The lowest BCUT2D eigenvalue weighted by Gasteiger charge is -2.00. The minimum atomic E-state index is -1.13. The Kier molecular flexibility index (Phi) is 3.49. The number of H-pyrrole nitrogens is 1. The van der Waals surface area contributed by atoms with Crippen molar-refractivity contribution < 1.29 is 9.90 Å². The van der Waals surface area contributed by atoms with Crippen LogP contribution in [0.2, 0.25) is 0 Å². The zero-order valence-electron chi connectivity index (χ0n) is 9.64. The van der Waals surface area contributed by atoms with E-state index in [1.807, 2.05) is 31.2 Å². The first-order chi connectivity index (χ1) is 8.49. The molecule has 0 saturated heterocycles. The van der Waals surface area contributed by atoms with Gasteiger partial charge >= 0.3 is 5.97 Å². The zero-order chi connectivity index (χ0) is 13.3. The molecule has 94 valence electrons. The van der Waals surface area contributed by atoms with Crippen LogP contribution in [-0.4, -0.2) is 21.0 Å². The molecule has 0 bridgehead atoms. The summed E-state index contributed by atoms with van der Waals surface area (Å²) >= 11 is 3.36. The van der Waals surface area contributed by atoms with Gasteiger partial charge in [-0.3, -0.25) is 4.79 Å². The number of carboxylic acid groups (broad SMARTS) is 1. The number of nitrogens with two attached hydrogens (primary N) is 1. The first-order valence-electron chi connectivity index (χ1n) is 5.30. The Bertz CT molecular complexity index is 578. The fourth-order valence-corrected chi connectivity index (χ4v) is 1.90. The minimum absolute atomic E-state index is 0.262. The van der Waals surface area contributed by atoms with Gasteiger partial charge in [0.05, 0.1) is 5.69 Å². The third-order valence-corrected chi connectivity index (χ3v) is 3.11. The molecule has 0 aliphatic carbocycles. The molecule has 1 unspecified atom stereocenters. The highest BCUT2D eigenvalue weighted by Gasteiger charge is 2.20. The summed E-state index contributed by atoms with van der Waals surface area (Å²) in [4.78, 5) is 18.0. The van der Waals surface area contributed by atoms with Gasteiger partial charge in [0.25, 0.3) is 0 Å². The van der Waals surface area contributed by atoms with Gasteiger partial charge < -0.3 is 15.8 Å². The first-order valence-corrected chi connectivity index (χ1v) is 6.09.